The third-order valence-electron chi connectivity index (χ3n) is 6.33. The standard InChI is InChI=1S/C26H21N3O4/c1-15-10-12-16(13-11-15)21-20-22(27(2)26(31)28(3)25(20)30)23-24(19-9-6-14-32-19)33-18-8-5-4-7-17(18)29(21)23/h4-14,24H,1-3H3. The Balaban J connectivity index is 1.88. The number of aromatic nitrogens is 3. The average molecular weight is 439 g/mol. The fourth-order valence-corrected chi connectivity index (χ4v) is 4.73. The minimum atomic E-state index is -0.630. The largest absolute Gasteiger partial charge is 0.474 e. The van der Waals surface area contributed by atoms with Crippen LogP contribution in [-0.4, -0.2) is 13.7 Å². The summed E-state index contributed by atoms with van der Waals surface area (Å²) in [7, 11) is 3.19. The van der Waals surface area contributed by atoms with Crippen molar-refractivity contribution in [3.63, 3.8) is 0 Å². The molecule has 33 heavy (non-hydrogen) atoms. The number of para-hydroxylation sites is 2. The van der Waals surface area contributed by atoms with Crippen molar-refractivity contribution in [1.82, 2.24) is 13.7 Å². The summed E-state index contributed by atoms with van der Waals surface area (Å²) in [5.41, 5.74) is 4.00. The van der Waals surface area contributed by atoms with E-state index in [0.717, 1.165) is 27.1 Å². The number of rotatable bonds is 2. The number of hydrogen-bond acceptors (Lipinski definition) is 4. The highest BCUT2D eigenvalue weighted by Crippen LogP contribution is 2.46. The molecular weight excluding hydrogens is 418 g/mol. The van der Waals surface area contributed by atoms with Crippen LogP contribution in [0.5, 0.6) is 5.75 Å². The number of furan rings is 1. The van der Waals surface area contributed by atoms with Gasteiger partial charge in [0.25, 0.3) is 5.56 Å². The second kappa shape index (κ2) is 6.87. The lowest BCUT2D eigenvalue weighted by atomic mass is 10.1. The van der Waals surface area contributed by atoms with Gasteiger partial charge in [-0.3, -0.25) is 13.9 Å². The van der Waals surface area contributed by atoms with Gasteiger partial charge in [-0.15, -0.1) is 0 Å². The van der Waals surface area contributed by atoms with E-state index in [4.69, 9.17) is 9.15 Å². The van der Waals surface area contributed by atoms with Crippen molar-refractivity contribution < 1.29 is 9.15 Å². The zero-order chi connectivity index (χ0) is 22.9. The summed E-state index contributed by atoms with van der Waals surface area (Å²) in [6.45, 7) is 2.02. The van der Waals surface area contributed by atoms with Gasteiger partial charge in [0.15, 0.2) is 11.9 Å². The maximum atomic E-state index is 13.6. The van der Waals surface area contributed by atoms with Crippen LogP contribution in [0.4, 0.5) is 0 Å². The summed E-state index contributed by atoms with van der Waals surface area (Å²) in [5.74, 6) is 1.26. The summed E-state index contributed by atoms with van der Waals surface area (Å²) in [4.78, 5) is 26.5. The van der Waals surface area contributed by atoms with Crippen molar-refractivity contribution in [3.05, 3.63) is 105 Å². The van der Waals surface area contributed by atoms with Crippen LogP contribution in [0.25, 0.3) is 27.8 Å². The van der Waals surface area contributed by atoms with Crippen LogP contribution < -0.4 is 16.0 Å². The molecule has 0 N–H and O–H groups in total. The van der Waals surface area contributed by atoms with E-state index in [1.165, 1.54) is 11.6 Å². The lowest BCUT2D eigenvalue weighted by Gasteiger charge is -2.28. The van der Waals surface area contributed by atoms with Crippen molar-refractivity contribution in [1.29, 1.82) is 0 Å². The highest BCUT2D eigenvalue weighted by atomic mass is 16.5. The molecule has 6 rings (SSSR count). The Kier molecular flexibility index (Phi) is 4.04. The van der Waals surface area contributed by atoms with Gasteiger partial charge in [0.05, 0.1) is 34.2 Å². The molecule has 2 aromatic carbocycles. The van der Waals surface area contributed by atoms with Gasteiger partial charge < -0.3 is 13.7 Å². The molecule has 5 aromatic rings. The Morgan fingerprint density at radius 1 is 0.879 bits per heavy atom. The number of ether oxygens (including phenoxy) is 1. The first kappa shape index (κ1) is 19.4. The Labute approximate surface area is 188 Å². The van der Waals surface area contributed by atoms with Crippen molar-refractivity contribution >= 4 is 10.9 Å². The SMILES string of the molecule is Cc1ccc(-c2c3c(=O)n(C)c(=O)n(C)c3c3n2-c2ccccc2OC3c2ccco2)cc1. The van der Waals surface area contributed by atoms with Crippen molar-refractivity contribution in [3.8, 4) is 22.7 Å². The Morgan fingerprint density at radius 3 is 2.36 bits per heavy atom. The van der Waals surface area contributed by atoms with Crippen LogP contribution in [0.1, 0.15) is 23.1 Å². The van der Waals surface area contributed by atoms with Gasteiger partial charge in [0.2, 0.25) is 0 Å². The van der Waals surface area contributed by atoms with Crippen molar-refractivity contribution in [2.45, 2.75) is 13.0 Å². The lowest BCUT2D eigenvalue weighted by molar-refractivity contribution is 0.199. The molecule has 1 unspecified atom stereocenters. The van der Waals surface area contributed by atoms with Gasteiger partial charge in [0.1, 0.15) is 5.75 Å². The molecular formula is C26H21N3O4. The zero-order valence-corrected chi connectivity index (χ0v) is 18.4. The van der Waals surface area contributed by atoms with E-state index in [1.807, 2.05) is 66.1 Å². The molecule has 7 nitrogen and oxygen atoms in total. The minimum absolute atomic E-state index is 0.346. The van der Waals surface area contributed by atoms with Gasteiger partial charge in [-0.25, -0.2) is 4.79 Å². The predicted molar refractivity (Wildman–Crippen MR) is 125 cm³/mol. The molecule has 0 fully saturated rings. The first-order chi connectivity index (χ1) is 16.0. The third-order valence-corrected chi connectivity index (χ3v) is 6.33. The smallest absolute Gasteiger partial charge is 0.331 e. The average Bonchev–Trinajstić information content (AvgIpc) is 3.48. The summed E-state index contributed by atoms with van der Waals surface area (Å²) in [6.07, 6.45) is 0.961. The Morgan fingerprint density at radius 2 is 1.64 bits per heavy atom. The lowest BCUT2D eigenvalue weighted by Crippen LogP contribution is -2.37. The summed E-state index contributed by atoms with van der Waals surface area (Å²) < 4.78 is 16.9. The third kappa shape index (κ3) is 2.62. The number of hydrogen-bond donors (Lipinski definition) is 0. The summed E-state index contributed by atoms with van der Waals surface area (Å²) in [6, 6.07) is 19.4. The van der Waals surface area contributed by atoms with Gasteiger partial charge in [-0.1, -0.05) is 42.0 Å². The monoisotopic (exact) mass is 439 g/mol. The van der Waals surface area contributed by atoms with Crippen LogP contribution in [0, 0.1) is 6.92 Å². The van der Waals surface area contributed by atoms with Gasteiger partial charge in [0, 0.05) is 14.1 Å². The topological polar surface area (TPSA) is 71.3 Å². The normalized spacial score (nSPS) is 14.7. The highest BCUT2D eigenvalue weighted by Gasteiger charge is 2.37. The molecule has 0 amide bonds. The van der Waals surface area contributed by atoms with E-state index >= 15 is 0 Å². The van der Waals surface area contributed by atoms with Crippen molar-refractivity contribution in [2.24, 2.45) is 14.1 Å². The molecule has 0 bridgehead atoms. The molecule has 164 valence electrons. The minimum Gasteiger partial charge on any atom is -0.474 e. The molecule has 7 heteroatoms. The Hall–Kier alpha value is -4.26. The number of fused-ring (bicyclic) bond motifs is 5. The molecule has 0 saturated heterocycles. The first-order valence-electron chi connectivity index (χ1n) is 10.7. The molecule has 0 radical (unpaired) electrons. The van der Waals surface area contributed by atoms with Crippen LogP contribution >= 0.6 is 0 Å². The van der Waals surface area contributed by atoms with Crippen LogP contribution in [0.2, 0.25) is 0 Å². The maximum absolute atomic E-state index is 13.6. The molecule has 0 aliphatic carbocycles. The molecule has 1 atom stereocenters. The van der Waals surface area contributed by atoms with Crippen LogP contribution in [0.3, 0.4) is 0 Å². The van der Waals surface area contributed by atoms with E-state index in [9.17, 15) is 9.59 Å². The van der Waals surface area contributed by atoms with Gasteiger partial charge in [-0.2, -0.15) is 0 Å². The molecule has 1 aliphatic rings. The number of benzene rings is 2. The maximum Gasteiger partial charge on any atom is 0.331 e. The molecule has 4 heterocycles. The summed E-state index contributed by atoms with van der Waals surface area (Å²) in [5, 5.41) is 0.468. The second-order valence-electron chi connectivity index (χ2n) is 8.35. The van der Waals surface area contributed by atoms with E-state index in [2.05, 4.69) is 0 Å². The van der Waals surface area contributed by atoms with E-state index in [-0.39, 0.29) is 5.56 Å². The summed E-state index contributed by atoms with van der Waals surface area (Å²) >= 11 is 0. The van der Waals surface area contributed by atoms with Crippen molar-refractivity contribution in [2.75, 3.05) is 0 Å². The van der Waals surface area contributed by atoms with Crippen LogP contribution in [0.15, 0.2) is 80.9 Å². The quantitative estimate of drug-likeness (QED) is 0.416. The van der Waals surface area contributed by atoms with E-state index in [1.54, 1.807) is 19.4 Å². The van der Waals surface area contributed by atoms with E-state index < -0.39 is 11.8 Å². The van der Waals surface area contributed by atoms with E-state index in [0.29, 0.717) is 28.1 Å². The highest BCUT2D eigenvalue weighted by molar-refractivity contribution is 5.98. The predicted octanol–water partition coefficient (Wildman–Crippen LogP) is 4.08. The first-order valence-corrected chi connectivity index (χ1v) is 10.7. The van der Waals surface area contributed by atoms with Gasteiger partial charge >= 0.3 is 5.69 Å². The molecule has 0 saturated carbocycles. The second-order valence-corrected chi connectivity index (χ2v) is 8.35. The van der Waals surface area contributed by atoms with Crippen LogP contribution in [-0.2, 0) is 14.1 Å². The number of aryl methyl sites for hydroxylation is 2. The molecule has 3 aromatic heterocycles. The zero-order valence-electron chi connectivity index (χ0n) is 18.4. The Bertz CT molecular complexity index is 1650. The molecule has 0 spiro atoms. The fraction of sp³-hybridized carbons (Fsp3) is 0.154. The van der Waals surface area contributed by atoms with Gasteiger partial charge in [-0.05, 0) is 36.8 Å². The molecule has 1 aliphatic heterocycles. The number of nitrogens with zero attached hydrogens (tertiary/aromatic N) is 3. The fourth-order valence-electron chi connectivity index (χ4n) is 4.73.